The predicted octanol–water partition coefficient (Wildman–Crippen LogP) is -0.319. The first-order valence-corrected chi connectivity index (χ1v) is 4.48. The van der Waals surface area contributed by atoms with Gasteiger partial charge in [-0.25, -0.2) is 0 Å². The second-order valence-electron chi connectivity index (χ2n) is 2.45. The zero-order chi connectivity index (χ0) is 10.6. The zero-order valence-electron chi connectivity index (χ0n) is 7.17. The van der Waals surface area contributed by atoms with Gasteiger partial charge >= 0.3 is 0 Å². The lowest BCUT2D eigenvalue weighted by Gasteiger charge is -1.95. The van der Waals surface area contributed by atoms with Crippen molar-refractivity contribution in [3.63, 3.8) is 0 Å². The molecule has 1 aromatic carbocycles. The van der Waals surface area contributed by atoms with Gasteiger partial charge in [0.15, 0.2) is 0 Å². The number of nitrogens with two attached hydrogens (primary N) is 2. The molecule has 0 amide bonds. The summed E-state index contributed by atoms with van der Waals surface area (Å²) in [4.78, 5) is 0. The molecule has 6 heteroatoms. The summed E-state index contributed by atoms with van der Waals surface area (Å²) in [6, 6.07) is 5.19. The Morgan fingerprint density at radius 3 is 2.36 bits per heavy atom. The van der Waals surface area contributed by atoms with Gasteiger partial charge in [-0.2, -0.15) is 0 Å². The van der Waals surface area contributed by atoms with Gasteiger partial charge in [-0.1, -0.05) is 29.3 Å². The fourth-order valence-electron chi connectivity index (χ4n) is 0.820. The molecule has 0 bridgehead atoms. The highest BCUT2D eigenvalue weighted by Crippen LogP contribution is 2.21. The van der Waals surface area contributed by atoms with Crippen LogP contribution >= 0.6 is 23.2 Å². The molecule has 0 fully saturated rings. The summed E-state index contributed by atoms with van der Waals surface area (Å²) in [5, 5.41) is 7.13. The topological polar surface area (TPSA) is 78.4 Å². The molecule has 0 heterocycles. The molecule has 0 atom stereocenters. The molecule has 0 saturated carbocycles. The highest BCUT2D eigenvalue weighted by molar-refractivity contribution is 6.38. The Morgan fingerprint density at radius 2 is 1.86 bits per heavy atom. The summed E-state index contributed by atoms with van der Waals surface area (Å²) >= 11 is 11.8. The summed E-state index contributed by atoms with van der Waals surface area (Å²) in [6.45, 7) is 0. The molecule has 1 rings (SSSR count). The SMILES string of the molecule is NC(N)=N[NH+]=Cc1c(Cl)cccc1Cl. The molecule has 14 heavy (non-hydrogen) atoms. The maximum Gasteiger partial charge on any atom is 0.256 e. The van der Waals surface area contributed by atoms with E-state index in [-0.39, 0.29) is 5.96 Å². The number of nitrogens with one attached hydrogen (secondary N) is 1. The van der Waals surface area contributed by atoms with Crippen LogP contribution in [-0.4, -0.2) is 12.2 Å². The number of halogens is 2. The van der Waals surface area contributed by atoms with E-state index >= 15 is 0 Å². The molecule has 0 aliphatic rings. The predicted molar refractivity (Wildman–Crippen MR) is 58.4 cm³/mol. The van der Waals surface area contributed by atoms with Crippen LogP contribution in [0.2, 0.25) is 10.0 Å². The van der Waals surface area contributed by atoms with E-state index < -0.39 is 0 Å². The van der Waals surface area contributed by atoms with Crippen molar-refractivity contribution in [1.29, 1.82) is 0 Å². The molecule has 0 aliphatic carbocycles. The van der Waals surface area contributed by atoms with Gasteiger partial charge in [-0.3, -0.25) is 0 Å². The average molecular weight is 232 g/mol. The maximum atomic E-state index is 5.88. The molecular formula is C8H9Cl2N4+. The third kappa shape index (κ3) is 2.90. The molecule has 0 aromatic heterocycles. The van der Waals surface area contributed by atoms with Gasteiger partial charge in [0.2, 0.25) is 6.21 Å². The second kappa shape index (κ2) is 4.83. The number of hydrogen-bond donors (Lipinski definition) is 3. The molecule has 0 spiro atoms. The molecule has 0 saturated heterocycles. The van der Waals surface area contributed by atoms with Gasteiger partial charge in [0.25, 0.3) is 5.96 Å². The van der Waals surface area contributed by atoms with E-state index in [2.05, 4.69) is 10.2 Å². The Morgan fingerprint density at radius 1 is 1.29 bits per heavy atom. The molecule has 5 N–H and O–H groups in total. The lowest BCUT2D eigenvalue weighted by molar-refractivity contribution is -0.456. The van der Waals surface area contributed by atoms with Crippen molar-refractivity contribution in [2.75, 3.05) is 0 Å². The van der Waals surface area contributed by atoms with Crippen LogP contribution in [0, 0.1) is 0 Å². The summed E-state index contributed by atoms with van der Waals surface area (Å²) in [6.07, 6.45) is 1.52. The first kappa shape index (κ1) is 10.8. The summed E-state index contributed by atoms with van der Waals surface area (Å²) in [5.41, 5.74) is 10.9. The third-order valence-electron chi connectivity index (χ3n) is 1.40. The fraction of sp³-hybridized carbons (Fsp3) is 0. The molecule has 0 aliphatic heterocycles. The van der Waals surface area contributed by atoms with Gasteiger partial charge in [0, 0.05) is 5.10 Å². The van der Waals surface area contributed by atoms with Crippen LogP contribution in [0.25, 0.3) is 0 Å². The van der Waals surface area contributed by atoms with E-state index in [0.717, 1.165) is 0 Å². The van der Waals surface area contributed by atoms with Crippen molar-refractivity contribution >= 4 is 35.4 Å². The Balaban J connectivity index is 2.97. The smallest absolute Gasteiger partial charge is 0.256 e. The van der Waals surface area contributed by atoms with E-state index in [0.29, 0.717) is 15.6 Å². The van der Waals surface area contributed by atoms with E-state index in [1.807, 2.05) is 0 Å². The Hall–Kier alpha value is -1.26. The van der Waals surface area contributed by atoms with Crippen LogP contribution in [0.4, 0.5) is 0 Å². The lowest BCUT2D eigenvalue weighted by Crippen LogP contribution is -2.63. The van der Waals surface area contributed by atoms with Gasteiger partial charge in [-0.05, 0) is 12.1 Å². The minimum atomic E-state index is -0.0653. The summed E-state index contributed by atoms with van der Waals surface area (Å²) in [7, 11) is 0. The standard InChI is InChI=1S/C8H8Cl2N4/c9-6-2-1-3-7(10)5(6)4-13-14-8(11)12/h1-4H,(H4,11,12,14)/p+1. The fourth-order valence-corrected chi connectivity index (χ4v) is 1.33. The molecule has 74 valence electrons. The van der Waals surface area contributed by atoms with Gasteiger partial charge in [0.05, 0.1) is 15.6 Å². The van der Waals surface area contributed by atoms with Crippen molar-refractivity contribution in [1.82, 2.24) is 0 Å². The molecule has 4 nitrogen and oxygen atoms in total. The average Bonchev–Trinajstić information content (AvgIpc) is 2.09. The first-order valence-electron chi connectivity index (χ1n) is 3.72. The second-order valence-corrected chi connectivity index (χ2v) is 3.26. The summed E-state index contributed by atoms with van der Waals surface area (Å²) < 4.78 is 0. The third-order valence-corrected chi connectivity index (χ3v) is 2.06. The lowest BCUT2D eigenvalue weighted by atomic mass is 10.2. The van der Waals surface area contributed by atoms with Crippen LogP contribution in [0.15, 0.2) is 23.3 Å². The monoisotopic (exact) mass is 231 g/mol. The number of nitrogens with zero attached hydrogens (tertiary/aromatic N) is 1. The van der Waals surface area contributed by atoms with Crippen molar-refractivity contribution in [3.05, 3.63) is 33.8 Å². The van der Waals surface area contributed by atoms with Crippen LogP contribution in [0.1, 0.15) is 5.56 Å². The first-order chi connectivity index (χ1) is 6.61. The van der Waals surface area contributed by atoms with Crippen LogP contribution in [0.3, 0.4) is 0 Å². The van der Waals surface area contributed by atoms with Crippen molar-refractivity contribution in [3.8, 4) is 0 Å². The molecular weight excluding hydrogens is 223 g/mol. The normalized spacial score (nSPS) is 10.4. The largest absolute Gasteiger partial charge is 0.365 e. The van der Waals surface area contributed by atoms with Crippen molar-refractivity contribution < 1.29 is 5.10 Å². The zero-order valence-corrected chi connectivity index (χ0v) is 8.68. The highest BCUT2D eigenvalue weighted by atomic mass is 35.5. The highest BCUT2D eigenvalue weighted by Gasteiger charge is 2.04. The van der Waals surface area contributed by atoms with Crippen LogP contribution < -0.4 is 16.6 Å². The Kier molecular flexibility index (Phi) is 3.73. The van der Waals surface area contributed by atoms with Gasteiger partial charge in [0.1, 0.15) is 0 Å². The quantitative estimate of drug-likeness (QED) is 0.371. The minimum absolute atomic E-state index is 0.0653. The number of benzene rings is 1. The van der Waals surface area contributed by atoms with Gasteiger partial charge < -0.3 is 11.5 Å². The van der Waals surface area contributed by atoms with E-state index in [4.69, 9.17) is 34.7 Å². The molecule has 1 aromatic rings. The van der Waals surface area contributed by atoms with E-state index in [1.165, 1.54) is 6.21 Å². The van der Waals surface area contributed by atoms with Crippen LogP contribution in [-0.2, 0) is 0 Å². The van der Waals surface area contributed by atoms with Crippen LogP contribution in [0.5, 0.6) is 0 Å². The van der Waals surface area contributed by atoms with Crippen molar-refractivity contribution in [2.45, 2.75) is 0 Å². The molecule has 0 unspecified atom stereocenters. The Bertz CT molecular complexity index is 363. The number of hydrazone groups is 1. The summed E-state index contributed by atoms with van der Waals surface area (Å²) in [5.74, 6) is -0.0653. The van der Waals surface area contributed by atoms with E-state index in [1.54, 1.807) is 18.2 Å². The minimum Gasteiger partial charge on any atom is -0.365 e. The number of rotatable bonds is 2. The van der Waals surface area contributed by atoms with Crippen molar-refractivity contribution in [2.24, 2.45) is 16.6 Å². The Labute approximate surface area is 91.2 Å². The van der Waals surface area contributed by atoms with E-state index in [9.17, 15) is 0 Å². The number of guanidine groups is 1. The molecule has 0 radical (unpaired) electrons. The maximum absolute atomic E-state index is 5.88. The van der Waals surface area contributed by atoms with Gasteiger partial charge in [-0.15, -0.1) is 5.10 Å². The number of hydrogen-bond acceptors (Lipinski definition) is 1.